The summed E-state index contributed by atoms with van der Waals surface area (Å²) in [4.78, 5) is 15.2. The van der Waals surface area contributed by atoms with E-state index in [1.807, 2.05) is 48.7 Å². The highest BCUT2D eigenvalue weighted by Gasteiger charge is 2.21. The minimum atomic E-state index is -0.0155. The van der Waals surface area contributed by atoms with Crippen LogP contribution in [0, 0.1) is 0 Å². The predicted molar refractivity (Wildman–Crippen MR) is 108 cm³/mol. The van der Waals surface area contributed by atoms with E-state index in [1.54, 1.807) is 0 Å². The van der Waals surface area contributed by atoms with Crippen molar-refractivity contribution >= 4 is 23.2 Å². The Morgan fingerprint density at radius 1 is 0.963 bits per heavy atom. The molecule has 1 aliphatic heterocycles. The second kappa shape index (κ2) is 7.85. The van der Waals surface area contributed by atoms with Gasteiger partial charge in [0.05, 0.1) is 12.7 Å². The number of fused-ring (bicyclic) bond motifs is 1. The van der Waals surface area contributed by atoms with Gasteiger partial charge in [0.15, 0.2) is 0 Å². The molecular formula is C21H19Cl2N3O. The largest absolute Gasteiger partial charge is 0.294 e. The normalized spacial score (nSPS) is 14.1. The van der Waals surface area contributed by atoms with E-state index in [1.165, 1.54) is 4.68 Å². The molecule has 1 aliphatic rings. The fourth-order valence-corrected chi connectivity index (χ4v) is 3.77. The van der Waals surface area contributed by atoms with E-state index in [4.69, 9.17) is 23.2 Å². The van der Waals surface area contributed by atoms with Crippen LogP contribution >= 0.6 is 23.2 Å². The number of aromatic nitrogens is 2. The van der Waals surface area contributed by atoms with Crippen LogP contribution in [0.3, 0.4) is 0 Å². The molecule has 0 saturated carbocycles. The smallest absolute Gasteiger partial charge is 0.271 e. The molecule has 0 bridgehead atoms. The van der Waals surface area contributed by atoms with Crippen molar-refractivity contribution in [3.63, 3.8) is 0 Å². The Bertz CT molecular complexity index is 1010. The summed E-state index contributed by atoms with van der Waals surface area (Å²) in [5.41, 5.74) is 4.03. The fraction of sp³-hybridized carbons (Fsp3) is 0.238. The maximum atomic E-state index is 13.0. The molecule has 0 amide bonds. The van der Waals surface area contributed by atoms with E-state index >= 15 is 0 Å². The van der Waals surface area contributed by atoms with Gasteiger partial charge >= 0.3 is 0 Å². The molecule has 0 saturated heterocycles. The topological polar surface area (TPSA) is 38.1 Å². The number of nitrogens with zero attached hydrogens (tertiary/aromatic N) is 3. The monoisotopic (exact) mass is 399 g/mol. The summed E-state index contributed by atoms with van der Waals surface area (Å²) < 4.78 is 1.53. The van der Waals surface area contributed by atoms with Gasteiger partial charge in [0.1, 0.15) is 0 Å². The molecule has 1 aromatic heterocycles. The maximum absolute atomic E-state index is 13.0. The van der Waals surface area contributed by atoms with Crippen LogP contribution in [0.5, 0.6) is 0 Å². The standard InChI is InChI=1S/C21H19Cl2N3O/c22-18-6-4-15(5-7-18)13-26-21(27)20-14-25(9-8-17(20)11-24-26)12-16-2-1-3-19(23)10-16/h1-7,10-11H,8-9,12-14H2. The van der Waals surface area contributed by atoms with Gasteiger partial charge in [-0.1, -0.05) is 47.5 Å². The van der Waals surface area contributed by atoms with E-state index < -0.39 is 0 Å². The van der Waals surface area contributed by atoms with Crippen molar-refractivity contribution < 1.29 is 0 Å². The summed E-state index contributed by atoms with van der Waals surface area (Å²) in [7, 11) is 0. The lowest BCUT2D eigenvalue weighted by Crippen LogP contribution is -2.37. The fourth-order valence-electron chi connectivity index (χ4n) is 3.43. The van der Waals surface area contributed by atoms with Gasteiger partial charge in [-0.15, -0.1) is 0 Å². The molecular weight excluding hydrogens is 381 g/mol. The molecule has 0 radical (unpaired) electrons. The Kier molecular flexibility index (Phi) is 5.30. The van der Waals surface area contributed by atoms with Crippen LogP contribution in [0.4, 0.5) is 0 Å². The highest BCUT2D eigenvalue weighted by atomic mass is 35.5. The van der Waals surface area contributed by atoms with Crippen LogP contribution in [0.2, 0.25) is 10.0 Å². The second-order valence-corrected chi connectivity index (χ2v) is 7.70. The lowest BCUT2D eigenvalue weighted by molar-refractivity contribution is 0.242. The molecule has 0 unspecified atom stereocenters. The average molecular weight is 400 g/mol. The molecule has 4 nitrogen and oxygen atoms in total. The van der Waals surface area contributed by atoms with E-state index in [0.717, 1.165) is 46.8 Å². The highest BCUT2D eigenvalue weighted by Crippen LogP contribution is 2.19. The van der Waals surface area contributed by atoms with E-state index in [2.05, 4.69) is 16.1 Å². The van der Waals surface area contributed by atoms with Gasteiger partial charge < -0.3 is 0 Å². The maximum Gasteiger partial charge on any atom is 0.271 e. The summed E-state index contributed by atoms with van der Waals surface area (Å²) in [6.45, 7) is 2.75. The Morgan fingerprint density at radius 3 is 2.56 bits per heavy atom. The summed E-state index contributed by atoms with van der Waals surface area (Å²) in [6, 6.07) is 15.4. The first-order valence-corrected chi connectivity index (χ1v) is 9.63. The minimum Gasteiger partial charge on any atom is -0.294 e. The third-order valence-electron chi connectivity index (χ3n) is 4.85. The van der Waals surface area contributed by atoms with Gasteiger partial charge in [0, 0.05) is 35.2 Å². The van der Waals surface area contributed by atoms with Crippen molar-refractivity contribution in [1.29, 1.82) is 0 Å². The zero-order valence-corrected chi connectivity index (χ0v) is 16.2. The van der Waals surface area contributed by atoms with E-state index in [0.29, 0.717) is 18.1 Å². The quantitative estimate of drug-likeness (QED) is 0.660. The molecule has 0 fully saturated rings. The Morgan fingerprint density at radius 2 is 1.78 bits per heavy atom. The van der Waals surface area contributed by atoms with Crippen LogP contribution in [0.1, 0.15) is 22.3 Å². The minimum absolute atomic E-state index is 0.0155. The van der Waals surface area contributed by atoms with Gasteiger partial charge in [0.2, 0.25) is 0 Å². The van der Waals surface area contributed by atoms with Crippen molar-refractivity contribution in [3.8, 4) is 0 Å². The number of hydrogen-bond acceptors (Lipinski definition) is 3. The SMILES string of the molecule is O=c1c2c(cnn1Cc1ccc(Cl)cc1)CCN(Cc1cccc(Cl)c1)C2. The predicted octanol–water partition coefficient (Wildman–Crippen LogP) is 4.16. The van der Waals surface area contributed by atoms with E-state index in [9.17, 15) is 4.79 Å². The van der Waals surface area contributed by atoms with Crippen molar-refractivity contribution in [3.05, 3.63) is 97.4 Å². The summed E-state index contributed by atoms with van der Waals surface area (Å²) >= 11 is 12.0. The lowest BCUT2D eigenvalue weighted by atomic mass is 10.0. The van der Waals surface area contributed by atoms with Crippen molar-refractivity contribution in [2.75, 3.05) is 6.54 Å². The summed E-state index contributed by atoms with van der Waals surface area (Å²) in [5, 5.41) is 5.78. The van der Waals surface area contributed by atoms with Gasteiger partial charge in [-0.25, -0.2) is 4.68 Å². The van der Waals surface area contributed by atoms with Crippen LogP contribution in [0.25, 0.3) is 0 Å². The molecule has 0 atom stereocenters. The van der Waals surface area contributed by atoms with Crippen LogP contribution in [-0.4, -0.2) is 21.2 Å². The molecule has 0 spiro atoms. The Labute approximate surface area is 168 Å². The molecule has 6 heteroatoms. The molecule has 0 N–H and O–H groups in total. The Hall–Kier alpha value is -2.14. The second-order valence-electron chi connectivity index (χ2n) is 6.83. The van der Waals surface area contributed by atoms with Crippen molar-refractivity contribution in [2.45, 2.75) is 26.1 Å². The molecule has 0 aliphatic carbocycles. The molecule has 138 valence electrons. The molecule has 4 rings (SSSR count). The van der Waals surface area contributed by atoms with Gasteiger partial charge in [-0.05, 0) is 47.4 Å². The lowest BCUT2D eigenvalue weighted by Gasteiger charge is -2.28. The van der Waals surface area contributed by atoms with Crippen LogP contribution in [-0.2, 0) is 26.1 Å². The Balaban J connectivity index is 1.55. The van der Waals surface area contributed by atoms with Gasteiger partial charge in [0.25, 0.3) is 5.56 Å². The molecule has 2 heterocycles. The zero-order valence-electron chi connectivity index (χ0n) is 14.7. The summed E-state index contributed by atoms with van der Waals surface area (Å²) in [5.74, 6) is 0. The summed E-state index contributed by atoms with van der Waals surface area (Å²) in [6.07, 6.45) is 2.67. The number of halogens is 2. The first-order chi connectivity index (χ1) is 13.1. The third kappa shape index (κ3) is 4.24. The average Bonchev–Trinajstić information content (AvgIpc) is 2.66. The first kappa shape index (κ1) is 18.2. The van der Waals surface area contributed by atoms with E-state index in [-0.39, 0.29) is 5.56 Å². The van der Waals surface area contributed by atoms with Crippen LogP contribution < -0.4 is 5.56 Å². The third-order valence-corrected chi connectivity index (χ3v) is 5.34. The highest BCUT2D eigenvalue weighted by molar-refractivity contribution is 6.30. The number of hydrogen-bond donors (Lipinski definition) is 0. The number of rotatable bonds is 4. The van der Waals surface area contributed by atoms with Crippen molar-refractivity contribution in [2.24, 2.45) is 0 Å². The van der Waals surface area contributed by atoms with Crippen LogP contribution in [0.15, 0.2) is 59.5 Å². The molecule has 27 heavy (non-hydrogen) atoms. The van der Waals surface area contributed by atoms with Gasteiger partial charge in [-0.3, -0.25) is 9.69 Å². The van der Waals surface area contributed by atoms with Crippen molar-refractivity contribution in [1.82, 2.24) is 14.7 Å². The van der Waals surface area contributed by atoms with Gasteiger partial charge in [-0.2, -0.15) is 5.10 Å². The first-order valence-electron chi connectivity index (χ1n) is 8.87. The molecule has 2 aromatic carbocycles. The number of benzene rings is 2. The zero-order chi connectivity index (χ0) is 18.8. The molecule has 3 aromatic rings.